The first-order valence-corrected chi connectivity index (χ1v) is 1.49. The van der Waals surface area contributed by atoms with Gasteiger partial charge >= 0.3 is 22.7 Å². The first-order chi connectivity index (χ1) is 2.27. The molecule has 1 radical (unpaired) electrons. The Balaban J connectivity index is -0.0000000267. The fourth-order valence-electron chi connectivity index (χ4n) is 0. The van der Waals surface area contributed by atoms with Crippen LogP contribution in [0.4, 0.5) is 0 Å². The zero-order valence-corrected chi connectivity index (χ0v) is 5.33. The predicted octanol–water partition coefficient (Wildman–Crippen LogP) is 0.125. The average Bonchev–Trinajstić information content (AvgIpc) is 1.38. The van der Waals surface area contributed by atoms with Crippen LogP contribution >= 0.6 is 0 Å². The molecular formula is C3H8CoO4. The van der Waals surface area contributed by atoms with Crippen molar-refractivity contribution in [1.29, 1.82) is 0 Å². The molecule has 0 aromatic carbocycles. The Morgan fingerprint density at radius 1 is 1.50 bits per heavy atom. The predicted molar refractivity (Wildman–Crippen MR) is 21.8 cm³/mol. The third-order valence-corrected chi connectivity index (χ3v) is 0.302. The third-order valence-electron chi connectivity index (χ3n) is 0.302. The van der Waals surface area contributed by atoms with Crippen molar-refractivity contribution in [3.8, 4) is 0 Å². The van der Waals surface area contributed by atoms with Crippen LogP contribution in [0.15, 0.2) is 0 Å². The monoisotopic (exact) mass is 167 g/mol. The SMILES string of the molecule is CCC(=O)O.[Co+2].[OH-].[OH-]. The molecule has 0 amide bonds. The van der Waals surface area contributed by atoms with E-state index in [9.17, 15) is 4.79 Å². The number of rotatable bonds is 1. The minimum absolute atomic E-state index is 0. The summed E-state index contributed by atoms with van der Waals surface area (Å²) in [6.07, 6.45) is 0.222. The molecule has 0 saturated heterocycles. The number of carbonyl (C=O) groups is 1. The van der Waals surface area contributed by atoms with Crippen molar-refractivity contribution in [3.63, 3.8) is 0 Å². The molecule has 0 aliphatic rings. The van der Waals surface area contributed by atoms with Crippen LogP contribution in [0, 0.1) is 0 Å². The summed E-state index contributed by atoms with van der Waals surface area (Å²) in [5.74, 6) is -0.745. The van der Waals surface area contributed by atoms with Crippen LogP contribution in [-0.2, 0) is 21.6 Å². The van der Waals surface area contributed by atoms with Crippen LogP contribution in [0.1, 0.15) is 13.3 Å². The average molecular weight is 167 g/mol. The Morgan fingerprint density at radius 2 is 1.62 bits per heavy atom. The second-order valence-electron chi connectivity index (χ2n) is 0.747. The molecule has 53 valence electrons. The molecule has 0 spiro atoms. The minimum atomic E-state index is -0.745. The molecule has 0 aliphatic carbocycles. The standard InChI is InChI=1S/C3H6O2.Co.2H2O/c1-2-3(4)5;;;/h2H2,1H3,(H,4,5);;2*1H2/q;+2;;/p-2. The first-order valence-electron chi connectivity index (χ1n) is 1.49. The van der Waals surface area contributed by atoms with Crippen molar-refractivity contribution < 1.29 is 37.6 Å². The van der Waals surface area contributed by atoms with Gasteiger partial charge in [-0.3, -0.25) is 4.79 Å². The molecule has 0 saturated carbocycles. The molecule has 0 aliphatic heterocycles. The van der Waals surface area contributed by atoms with Crippen LogP contribution in [0.2, 0.25) is 0 Å². The minimum Gasteiger partial charge on any atom is -0.870 e. The zero-order chi connectivity index (χ0) is 4.28. The molecule has 5 heteroatoms. The van der Waals surface area contributed by atoms with E-state index in [-0.39, 0.29) is 34.2 Å². The molecule has 0 rings (SSSR count). The quantitative estimate of drug-likeness (QED) is 0.599. The van der Waals surface area contributed by atoms with Crippen LogP contribution in [0.25, 0.3) is 0 Å². The van der Waals surface area contributed by atoms with Gasteiger partial charge in [0.1, 0.15) is 0 Å². The van der Waals surface area contributed by atoms with E-state index in [1.807, 2.05) is 0 Å². The largest absolute Gasteiger partial charge is 2.00 e. The number of hydrogen-bond acceptors (Lipinski definition) is 3. The summed E-state index contributed by atoms with van der Waals surface area (Å²) in [6, 6.07) is 0. The van der Waals surface area contributed by atoms with Gasteiger partial charge in [0.15, 0.2) is 0 Å². The van der Waals surface area contributed by atoms with Crippen molar-refractivity contribution in [1.82, 2.24) is 0 Å². The summed E-state index contributed by atoms with van der Waals surface area (Å²) in [5, 5.41) is 7.72. The van der Waals surface area contributed by atoms with Gasteiger partial charge in [0, 0.05) is 6.42 Å². The molecule has 4 nitrogen and oxygen atoms in total. The molecule has 0 heterocycles. The van der Waals surface area contributed by atoms with E-state index in [1.165, 1.54) is 0 Å². The van der Waals surface area contributed by atoms with Gasteiger partial charge in [0.2, 0.25) is 0 Å². The van der Waals surface area contributed by atoms with Crippen LogP contribution in [0.5, 0.6) is 0 Å². The second kappa shape index (κ2) is 15.8. The van der Waals surface area contributed by atoms with E-state index in [4.69, 9.17) is 5.11 Å². The Morgan fingerprint density at radius 3 is 1.62 bits per heavy atom. The van der Waals surface area contributed by atoms with E-state index >= 15 is 0 Å². The van der Waals surface area contributed by atoms with E-state index < -0.39 is 5.97 Å². The van der Waals surface area contributed by atoms with Gasteiger partial charge in [-0.05, 0) is 0 Å². The summed E-state index contributed by atoms with van der Waals surface area (Å²) in [4.78, 5) is 9.37. The normalized spacial score (nSPS) is 4.62. The van der Waals surface area contributed by atoms with Gasteiger partial charge in [-0.15, -0.1) is 0 Å². The van der Waals surface area contributed by atoms with Crippen molar-refractivity contribution >= 4 is 5.97 Å². The van der Waals surface area contributed by atoms with Gasteiger partial charge in [0.05, 0.1) is 0 Å². The fraction of sp³-hybridized carbons (Fsp3) is 0.667. The molecule has 0 bridgehead atoms. The maximum Gasteiger partial charge on any atom is 2.00 e. The summed E-state index contributed by atoms with van der Waals surface area (Å²) in [5.41, 5.74) is 0. The first kappa shape index (κ1) is 24.7. The Labute approximate surface area is 57.7 Å². The molecule has 0 fully saturated rings. The molecule has 0 atom stereocenters. The van der Waals surface area contributed by atoms with Crippen molar-refractivity contribution in [2.45, 2.75) is 13.3 Å². The van der Waals surface area contributed by atoms with Crippen molar-refractivity contribution in [2.24, 2.45) is 0 Å². The van der Waals surface area contributed by atoms with Crippen molar-refractivity contribution in [3.05, 3.63) is 0 Å². The smallest absolute Gasteiger partial charge is 0.870 e. The topological polar surface area (TPSA) is 97.3 Å². The summed E-state index contributed by atoms with van der Waals surface area (Å²) in [6.45, 7) is 1.60. The molecule has 0 unspecified atom stereocenters. The van der Waals surface area contributed by atoms with Crippen molar-refractivity contribution in [2.75, 3.05) is 0 Å². The van der Waals surface area contributed by atoms with E-state index in [2.05, 4.69) is 0 Å². The summed E-state index contributed by atoms with van der Waals surface area (Å²) >= 11 is 0. The van der Waals surface area contributed by atoms with Crippen LogP contribution in [-0.4, -0.2) is 22.0 Å². The maximum atomic E-state index is 9.37. The van der Waals surface area contributed by atoms with Gasteiger partial charge in [0.25, 0.3) is 0 Å². The van der Waals surface area contributed by atoms with Gasteiger partial charge < -0.3 is 16.1 Å². The Bertz CT molecular complexity index is 46.5. The van der Waals surface area contributed by atoms with Gasteiger partial charge in [-0.25, -0.2) is 0 Å². The fourth-order valence-corrected chi connectivity index (χ4v) is 0. The number of carboxylic acid groups (broad SMARTS) is 1. The molecule has 0 aromatic rings. The second-order valence-corrected chi connectivity index (χ2v) is 0.747. The summed E-state index contributed by atoms with van der Waals surface area (Å²) in [7, 11) is 0. The molecular weight excluding hydrogens is 159 g/mol. The number of carboxylic acids is 1. The Kier molecular flexibility index (Phi) is 48.8. The van der Waals surface area contributed by atoms with Crippen LogP contribution < -0.4 is 0 Å². The number of hydrogen-bond donors (Lipinski definition) is 1. The van der Waals surface area contributed by atoms with E-state index in [0.29, 0.717) is 0 Å². The van der Waals surface area contributed by atoms with Gasteiger partial charge in [-0.1, -0.05) is 6.92 Å². The van der Waals surface area contributed by atoms with Gasteiger partial charge in [-0.2, -0.15) is 0 Å². The van der Waals surface area contributed by atoms with Crippen LogP contribution in [0.3, 0.4) is 0 Å². The maximum absolute atomic E-state index is 9.37. The molecule has 3 N–H and O–H groups in total. The zero-order valence-electron chi connectivity index (χ0n) is 4.29. The molecule has 0 aromatic heterocycles. The Hall–Kier alpha value is -0.104. The summed E-state index contributed by atoms with van der Waals surface area (Å²) < 4.78 is 0. The number of aliphatic carboxylic acids is 1. The van der Waals surface area contributed by atoms with E-state index in [1.54, 1.807) is 6.92 Å². The molecule has 8 heavy (non-hydrogen) atoms. The third kappa shape index (κ3) is 39.3. The van der Waals surface area contributed by atoms with E-state index in [0.717, 1.165) is 0 Å².